The summed E-state index contributed by atoms with van der Waals surface area (Å²) in [7, 11) is 2.79. The maximum Gasteiger partial charge on any atom is 0.433 e. The summed E-state index contributed by atoms with van der Waals surface area (Å²) in [5, 5.41) is 14.2. The average molecular weight is 527 g/mol. The van der Waals surface area contributed by atoms with Crippen LogP contribution in [0, 0.1) is 0 Å². The number of hydrogen-bond donors (Lipinski definition) is 1. The number of carbonyl (C=O) groups excluding carboxylic acids is 1. The molecule has 2 aromatic heterocycles. The number of aliphatic hydroxyl groups is 1. The summed E-state index contributed by atoms with van der Waals surface area (Å²) in [6, 6.07) is 11.3. The first kappa shape index (κ1) is 25.5. The van der Waals surface area contributed by atoms with Gasteiger partial charge in [0.1, 0.15) is 5.56 Å². The SMILES string of the molecule is COc1cc(-c2cc(C(F)(F)F)n3ncc(C(=O)N4CCCc5ccccc54)c3n2)cc(C(C)O)c1OC. The molecule has 1 aliphatic rings. The number of anilines is 1. The number of para-hydroxylation sites is 1. The van der Waals surface area contributed by atoms with Gasteiger partial charge in [0.05, 0.1) is 32.2 Å². The van der Waals surface area contributed by atoms with Gasteiger partial charge in [0.2, 0.25) is 0 Å². The molecule has 1 atom stereocenters. The van der Waals surface area contributed by atoms with Gasteiger partial charge in [-0.05, 0) is 49.6 Å². The third-order valence-corrected chi connectivity index (χ3v) is 6.60. The number of alkyl halides is 3. The van der Waals surface area contributed by atoms with Crippen LogP contribution in [0.3, 0.4) is 0 Å². The summed E-state index contributed by atoms with van der Waals surface area (Å²) in [4.78, 5) is 19.7. The Morgan fingerprint density at radius 2 is 1.89 bits per heavy atom. The molecule has 198 valence electrons. The molecule has 1 unspecified atom stereocenters. The van der Waals surface area contributed by atoms with E-state index >= 15 is 0 Å². The van der Waals surface area contributed by atoms with Gasteiger partial charge in [-0.25, -0.2) is 9.50 Å². The van der Waals surface area contributed by atoms with Crippen molar-refractivity contribution in [3.63, 3.8) is 0 Å². The molecule has 0 radical (unpaired) electrons. The van der Waals surface area contributed by atoms with E-state index in [1.807, 2.05) is 24.3 Å². The maximum atomic E-state index is 14.2. The quantitative estimate of drug-likeness (QED) is 0.390. The van der Waals surface area contributed by atoms with Gasteiger partial charge in [0, 0.05) is 23.4 Å². The minimum atomic E-state index is -4.79. The lowest BCUT2D eigenvalue weighted by Gasteiger charge is -2.29. The normalized spacial score (nSPS) is 14.3. The van der Waals surface area contributed by atoms with E-state index < -0.39 is 23.9 Å². The minimum Gasteiger partial charge on any atom is -0.493 e. The van der Waals surface area contributed by atoms with Crippen molar-refractivity contribution in [1.82, 2.24) is 14.6 Å². The Morgan fingerprint density at radius 3 is 2.58 bits per heavy atom. The molecule has 38 heavy (non-hydrogen) atoms. The van der Waals surface area contributed by atoms with E-state index in [1.54, 1.807) is 4.90 Å². The zero-order chi connectivity index (χ0) is 27.2. The van der Waals surface area contributed by atoms with E-state index in [9.17, 15) is 23.1 Å². The smallest absolute Gasteiger partial charge is 0.433 e. The van der Waals surface area contributed by atoms with Crippen LogP contribution in [-0.2, 0) is 12.6 Å². The number of nitrogens with zero attached hydrogens (tertiary/aromatic N) is 4. The van der Waals surface area contributed by atoms with Crippen LogP contribution in [0.25, 0.3) is 16.9 Å². The summed E-state index contributed by atoms with van der Waals surface area (Å²) in [5.74, 6) is -0.0138. The molecule has 0 spiro atoms. The number of hydrogen-bond acceptors (Lipinski definition) is 6. The van der Waals surface area contributed by atoms with Gasteiger partial charge < -0.3 is 19.5 Å². The first-order valence-electron chi connectivity index (χ1n) is 11.9. The summed E-state index contributed by atoms with van der Waals surface area (Å²) < 4.78 is 53.9. The van der Waals surface area contributed by atoms with Gasteiger partial charge in [-0.3, -0.25) is 4.79 Å². The lowest BCUT2D eigenvalue weighted by atomic mass is 10.0. The standard InChI is InChI=1S/C27H25F3N4O4/c1-15(35)18-11-17(12-22(37-2)24(18)38-3)20-13-23(27(28,29)30)34-25(32-20)19(14-31-34)26(36)33-10-6-8-16-7-4-5-9-21(16)33/h4-5,7,9,11-15,35H,6,8,10H2,1-3H3. The van der Waals surface area contributed by atoms with Crippen molar-refractivity contribution in [3.8, 4) is 22.8 Å². The summed E-state index contributed by atoms with van der Waals surface area (Å²) in [5.41, 5.74) is 0.828. The van der Waals surface area contributed by atoms with E-state index in [1.165, 1.54) is 33.3 Å². The zero-order valence-electron chi connectivity index (χ0n) is 20.9. The number of methoxy groups -OCH3 is 2. The third-order valence-electron chi connectivity index (χ3n) is 6.60. The summed E-state index contributed by atoms with van der Waals surface area (Å²) in [6.45, 7) is 1.93. The predicted octanol–water partition coefficient (Wildman–Crippen LogP) is 5.08. The molecular weight excluding hydrogens is 501 g/mol. The highest BCUT2D eigenvalue weighted by Gasteiger charge is 2.37. The van der Waals surface area contributed by atoms with Crippen molar-refractivity contribution < 1.29 is 32.5 Å². The molecule has 0 bridgehead atoms. The number of carbonyl (C=O) groups is 1. The molecule has 4 aromatic rings. The number of rotatable bonds is 5. The Morgan fingerprint density at radius 1 is 1.13 bits per heavy atom. The fourth-order valence-electron chi connectivity index (χ4n) is 4.81. The lowest BCUT2D eigenvalue weighted by Crippen LogP contribution is -2.35. The van der Waals surface area contributed by atoms with Gasteiger partial charge >= 0.3 is 6.18 Å². The van der Waals surface area contributed by atoms with Crippen LogP contribution < -0.4 is 14.4 Å². The molecule has 8 nitrogen and oxygen atoms in total. The van der Waals surface area contributed by atoms with Crippen molar-refractivity contribution >= 4 is 17.2 Å². The van der Waals surface area contributed by atoms with Gasteiger partial charge in [0.15, 0.2) is 22.8 Å². The molecule has 11 heteroatoms. The summed E-state index contributed by atoms with van der Waals surface area (Å²) in [6.07, 6.45) is -3.14. The molecule has 0 aliphatic carbocycles. The molecule has 1 amide bonds. The van der Waals surface area contributed by atoms with Crippen molar-refractivity contribution in [3.05, 3.63) is 71.0 Å². The Hall–Kier alpha value is -4.12. The topological polar surface area (TPSA) is 89.2 Å². The monoisotopic (exact) mass is 526 g/mol. The number of halogens is 3. The van der Waals surface area contributed by atoms with Crippen LogP contribution in [-0.4, -0.2) is 46.4 Å². The molecule has 3 heterocycles. The maximum absolute atomic E-state index is 14.2. The van der Waals surface area contributed by atoms with Crippen LogP contribution in [0.2, 0.25) is 0 Å². The number of fused-ring (bicyclic) bond motifs is 2. The molecule has 5 rings (SSSR count). The first-order chi connectivity index (χ1) is 18.1. The highest BCUT2D eigenvalue weighted by Crippen LogP contribution is 2.40. The first-order valence-corrected chi connectivity index (χ1v) is 11.9. The molecule has 2 aromatic carbocycles. The highest BCUT2D eigenvalue weighted by molar-refractivity contribution is 6.10. The number of aryl methyl sites for hydroxylation is 1. The van der Waals surface area contributed by atoms with Crippen LogP contribution in [0.4, 0.5) is 18.9 Å². The van der Waals surface area contributed by atoms with E-state index in [0.29, 0.717) is 16.6 Å². The fourth-order valence-corrected chi connectivity index (χ4v) is 4.81. The van der Waals surface area contributed by atoms with Gasteiger partial charge in [-0.1, -0.05) is 18.2 Å². The number of amides is 1. The molecule has 1 N–H and O–H groups in total. The van der Waals surface area contributed by atoms with Crippen LogP contribution in [0.15, 0.2) is 48.7 Å². The van der Waals surface area contributed by atoms with E-state index in [4.69, 9.17) is 9.47 Å². The van der Waals surface area contributed by atoms with Crippen molar-refractivity contribution in [2.75, 3.05) is 25.7 Å². The third kappa shape index (κ3) is 4.32. The second-order valence-corrected chi connectivity index (χ2v) is 8.98. The molecule has 1 aliphatic heterocycles. The Kier molecular flexibility index (Phi) is 6.47. The summed E-state index contributed by atoms with van der Waals surface area (Å²) >= 11 is 0. The Bertz CT molecular complexity index is 1530. The number of benzene rings is 2. The van der Waals surface area contributed by atoms with Crippen LogP contribution in [0.5, 0.6) is 11.5 Å². The van der Waals surface area contributed by atoms with E-state index in [2.05, 4.69) is 10.1 Å². The van der Waals surface area contributed by atoms with Crippen LogP contribution >= 0.6 is 0 Å². The van der Waals surface area contributed by atoms with Gasteiger partial charge in [0.25, 0.3) is 5.91 Å². The van der Waals surface area contributed by atoms with Gasteiger partial charge in [-0.15, -0.1) is 0 Å². The van der Waals surface area contributed by atoms with Crippen molar-refractivity contribution in [1.29, 1.82) is 0 Å². The zero-order valence-corrected chi connectivity index (χ0v) is 20.9. The minimum absolute atomic E-state index is 0.0507. The number of aliphatic hydroxyl groups excluding tert-OH is 1. The highest BCUT2D eigenvalue weighted by atomic mass is 19.4. The second-order valence-electron chi connectivity index (χ2n) is 8.98. The van der Waals surface area contributed by atoms with Gasteiger partial charge in [-0.2, -0.15) is 18.3 Å². The van der Waals surface area contributed by atoms with E-state index in [0.717, 1.165) is 36.4 Å². The average Bonchev–Trinajstić information content (AvgIpc) is 3.34. The lowest BCUT2D eigenvalue weighted by molar-refractivity contribution is -0.142. The van der Waals surface area contributed by atoms with Crippen LogP contribution in [0.1, 0.15) is 46.6 Å². The number of aromatic nitrogens is 3. The Balaban J connectivity index is 1.71. The predicted molar refractivity (Wildman–Crippen MR) is 134 cm³/mol. The molecule has 0 saturated heterocycles. The van der Waals surface area contributed by atoms with Crippen molar-refractivity contribution in [2.45, 2.75) is 32.0 Å². The molecule has 0 fully saturated rings. The fraction of sp³-hybridized carbons (Fsp3) is 0.296. The largest absolute Gasteiger partial charge is 0.493 e. The Labute approximate surface area is 216 Å². The second kappa shape index (κ2) is 9.64. The molecular formula is C27H25F3N4O4. The van der Waals surface area contributed by atoms with Crippen molar-refractivity contribution in [2.24, 2.45) is 0 Å². The molecule has 0 saturated carbocycles. The van der Waals surface area contributed by atoms with E-state index in [-0.39, 0.29) is 34.0 Å². The number of ether oxygens (including phenoxy) is 2.